The van der Waals surface area contributed by atoms with Crippen LogP contribution in [-0.2, 0) is 11.3 Å². The zero-order chi connectivity index (χ0) is 19.0. The summed E-state index contributed by atoms with van der Waals surface area (Å²) in [6.45, 7) is 13.0. The van der Waals surface area contributed by atoms with Gasteiger partial charge < -0.3 is 20.1 Å². The maximum absolute atomic E-state index is 11.9. The molecule has 0 fully saturated rings. The molecule has 0 aliphatic carbocycles. The first kappa shape index (κ1) is 21.6. The lowest BCUT2D eigenvalue weighted by molar-refractivity contribution is -0.124. The quantitative estimate of drug-likeness (QED) is 0.691. The Bertz CT molecular complexity index is 571. The molecule has 25 heavy (non-hydrogen) atoms. The van der Waals surface area contributed by atoms with Gasteiger partial charge in [-0.15, -0.1) is 0 Å². The number of carbonyl (C=O) groups is 1. The van der Waals surface area contributed by atoms with Crippen molar-refractivity contribution >= 4 is 17.5 Å². The van der Waals surface area contributed by atoms with Crippen LogP contribution in [0, 0.1) is 0 Å². The van der Waals surface area contributed by atoms with Crippen LogP contribution in [0.2, 0.25) is 5.02 Å². The van der Waals surface area contributed by atoms with Crippen molar-refractivity contribution in [2.75, 3.05) is 13.2 Å². The standard InChI is InChI=1S/C19H31ClN2O3/c1-7-13(3)21-11-14-9-16(24-8-2)17(10-15(14)20)25-12-18(23)22-19(4,5)6/h9-10,13,21H,7-8,11-12H2,1-6H3,(H,22,23). The number of hydrogen-bond donors (Lipinski definition) is 2. The number of benzene rings is 1. The molecule has 0 bridgehead atoms. The van der Waals surface area contributed by atoms with Crippen LogP contribution in [0.15, 0.2) is 12.1 Å². The summed E-state index contributed by atoms with van der Waals surface area (Å²) in [5.74, 6) is 0.883. The molecule has 0 spiro atoms. The first-order valence-corrected chi connectivity index (χ1v) is 9.16. The third-order valence-electron chi connectivity index (χ3n) is 3.54. The Labute approximate surface area is 156 Å². The molecule has 2 N–H and O–H groups in total. The average Bonchev–Trinajstić information content (AvgIpc) is 2.51. The van der Waals surface area contributed by atoms with Crippen LogP contribution in [0.5, 0.6) is 11.5 Å². The van der Waals surface area contributed by atoms with Gasteiger partial charge in [0.2, 0.25) is 0 Å². The highest BCUT2D eigenvalue weighted by Crippen LogP contribution is 2.33. The van der Waals surface area contributed by atoms with Gasteiger partial charge in [-0.25, -0.2) is 0 Å². The SMILES string of the molecule is CCOc1cc(CNC(C)CC)c(Cl)cc1OCC(=O)NC(C)(C)C. The lowest BCUT2D eigenvalue weighted by Crippen LogP contribution is -2.43. The van der Waals surface area contributed by atoms with Gasteiger partial charge in [0.15, 0.2) is 18.1 Å². The molecule has 0 heterocycles. The number of rotatable bonds is 9. The van der Waals surface area contributed by atoms with Crippen molar-refractivity contribution in [1.29, 1.82) is 0 Å². The van der Waals surface area contributed by atoms with E-state index in [-0.39, 0.29) is 18.1 Å². The fourth-order valence-corrected chi connectivity index (χ4v) is 2.34. The fraction of sp³-hybridized carbons (Fsp3) is 0.632. The Morgan fingerprint density at radius 3 is 2.40 bits per heavy atom. The predicted molar refractivity (Wildman–Crippen MR) is 103 cm³/mol. The Hall–Kier alpha value is -1.46. The van der Waals surface area contributed by atoms with Crippen LogP contribution in [-0.4, -0.2) is 30.7 Å². The van der Waals surface area contributed by atoms with Crippen molar-refractivity contribution in [3.05, 3.63) is 22.7 Å². The van der Waals surface area contributed by atoms with E-state index in [2.05, 4.69) is 24.5 Å². The third-order valence-corrected chi connectivity index (χ3v) is 3.89. The predicted octanol–water partition coefficient (Wildman–Crippen LogP) is 3.92. The van der Waals surface area contributed by atoms with Crippen LogP contribution >= 0.6 is 11.6 Å². The second kappa shape index (κ2) is 9.88. The zero-order valence-electron chi connectivity index (χ0n) is 16.2. The van der Waals surface area contributed by atoms with Gasteiger partial charge in [-0.2, -0.15) is 0 Å². The van der Waals surface area contributed by atoms with Gasteiger partial charge in [0.1, 0.15) is 0 Å². The maximum atomic E-state index is 11.9. The summed E-state index contributed by atoms with van der Waals surface area (Å²) < 4.78 is 11.3. The molecule has 0 aliphatic heterocycles. The second-order valence-corrected chi connectivity index (χ2v) is 7.51. The van der Waals surface area contributed by atoms with E-state index in [1.807, 2.05) is 33.8 Å². The van der Waals surface area contributed by atoms with Crippen molar-refractivity contribution in [3.8, 4) is 11.5 Å². The molecular formula is C19H31ClN2O3. The summed E-state index contributed by atoms with van der Waals surface area (Å²) in [7, 11) is 0. The number of halogens is 1. The highest BCUT2D eigenvalue weighted by Gasteiger charge is 2.16. The van der Waals surface area contributed by atoms with E-state index < -0.39 is 0 Å². The molecule has 0 radical (unpaired) electrons. The number of carbonyl (C=O) groups excluding carboxylic acids is 1. The largest absolute Gasteiger partial charge is 0.490 e. The van der Waals surface area contributed by atoms with Crippen molar-refractivity contribution < 1.29 is 14.3 Å². The number of amides is 1. The summed E-state index contributed by atoms with van der Waals surface area (Å²) in [6.07, 6.45) is 1.04. The summed E-state index contributed by atoms with van der Waals surface area (Å²) in [4.78, 5) is 11.9. The van der Waals surface area contributed by atoms with Crippen LogP contribution < -0.4 is 20.1 Å². The van der Waals surface area contributed by atoms with Crippen molar-refractivity contribution in [1.82, 2.24) is 10.6 Å². The van der Waals surface area contributed by atoms with Gasteiger partial charge >= 0.3 is 0 Å². The Morgan fingerprint density at radius 2 is 1.84 bits per heavy atom. The molecule has 1 atom stereocenters. The lowest BCUT2D eigenvalue weighted by Gasteiger charge is -2.21. The van der Waals surface area contributed by atoms with Gasteiger partial charge in [0, 0.05) is 29.2 Å². The lowest BCUT2D eigenvalue weighted by atomic mass is 10.1. The minimum atomic E-state index is -0.299. The highest BCUT2D eigenvalue weighted by atomic mass is 35.5. The van der Waals surface area contributed by atoms with Gasteiger partial charge in [-0.05, 0) is 52.7 Å². The van der Waals surface area contributed by atoms with E-state index in [0.717, 1.165) is 12.0 Å². The molecule has 1 unspecified atom stereocenters. The highest BCUT2D eigenvalue weighted by molar-refractivity contribution is 6.31. The minimum Gasteiger partial charge on any atom is -0.490 e. The second-order valence-electron chi connectivity index (χ2n) is 7.10. The van der Waals surface area contributed by atoms with Crippen LogP contribution in [0.4, 0.5) is 0 Å². The fourth-order valence-electron chi connectivity index (χ4n) is 2.12. The molecular weight excluding hydrogens is 340 g/mol. The van der Waals surface area contributed by atoms with E-state index in [1.165, 1.54) is 0 Å². The molecule has 142 valence electrons. The van der Waals surface area contributed by atoms with Gasteiger partial charge in [0.05, 0.1) is 6.61 Å². The first-order valence-electron chi connectivity index (χ1n) is 8.78. The normalized spacial score (nSPS) is 12.6. The summed E-state index contributed by atoms with van der Waals surface area (Å²) >= 11 is 6.37. The van der Waals surface area contributed by atoms with E-state index in [4.69, 9.17) is 21.1 Å². The van der Waals surface area contributed by atoms with Gasteiger partial charge in [-0.3, -0.25) is 4.79 Å². The zero-order valence-corrected chi connectivity index (χ0v) is 16.9. The molecule has 0 aromatic heterocycles. The number of ether oxygens (including phenoxy) is 2. The van der Waals surface area contributed by atoms with E-state index in [0.29, 0.717) is 35.7 Å². The molecule has 1 amide bonds. The molecule has 0 saturated carbocycles. The monoisotopic (exact) mass is 370 g/mol. The Kier molecular flexibility index (Phi) is 8.53. The Morgan fingerprint density at radius 1 is 1.20 bits per heavy atom. The molecule has 6 heteroatoms. The summed E-state index contributed by atoms with van der Waals surface area (Å²) in [5, 5.41) is 6.86. The van der Waals surface area contributed by atoms with Gasteiger partial charge in [-0.1, -0.05) is 18.5 Å². The van der Waals surface area contributed by atoms with Gasteiger partial charge in [0.25, 0.3) is 5.91 Å². The molecule has 0 aliphatic rings. The van der Waals surface area contributed by atoms with E-state index >= 15 is 0 Å². The number of nitrogens with one attached hydrogen (secondary N) is 2. The van der Waals surface area contributed by atoms with E-state index in [9.17, 15) is 4.79 Å². The number of hydrogen-bond acceptors (Lipinski definition) is 4. The molecule has 1 aromatic rings. The summed E-state index contributed by atoms with van der Waals surface area (Å²) in [6, 6.07) is 3.99. The average molecular weight is 371 g/mol. The molecule has 1 rings (SSSR count). The first-order chi connectivity index (χ1) is 11.7. The van der Waals surface area contributed by atoms with Crippen LogP contribution in [0.3, 0.4) is 0 Å². The maximum Gasteiger partial charge on any atom is 0.258 e. The smallest absolute Gasteiger partial charge is 0.258 e. The molecule has 0 saturated heterocycles. The topological polar surface area (TPSA) is 59.6 Å². The van der Waals surface area contributed by atoms with Crippen molar-refractivity contribution in [2.45, 2.75) is 66.1 Å². The molecule has 1 aromatic carbocycles. The van der Waals surface area contributed by atoms with Crippen LogP contribution in [0.25, 0.3) is 0 Å². The summed E-state index contributed by atoms with van der Waals surface area (Å²) in [5.41, 5.74) is 0.642. The molecule has 5 nitrogen and oxygen atoms in total. The van der Waals surface area contributed by atoms with E-state index in [1.54, 1.807) is 6.07 Å². The van der Waals surface area contributed by atoms with Crippen molar-refractivity contribution in [2.24, 2.45) is 0 Å². The minimum absolute atomic E-state index is 0.0852. The Balaban J connectivity index is 2.84. The third kappa shape index (κ3) is 7.97. The van der Waals surface area contributed by atoms with Crippen molar-refractivity contribution in [3.63, 3.8) is 0 Å². The van der Waals surface area contributed by atoms with Crippen LogP contribution in [0.1, 0.15) is 53.5 Å².